The summed E-state index contributed by atoms with van der Waals surface area (Å²) in [6.07, 6.45) is 11.4. The molecular weight excluding hydrogens is 859 g/mol. The molecule has 1 unspecified atom stereocenters. The Hall–Kier alpha value is -3.87. The molecule has 2 aliphatic rings. The zero-order valence-corrected chi connectivity index (χ0v) is 42.4. The Bertz CT molecular complexity index is 2340. The van der Waals surface area contributed by atoms with E-state index in [1.165, 1.54) is 146 Å². The van der Waals surface area contributed by atoms with Crippen LogP contribution in [0.5, 0.6) is 0 Å². The predicted octanol–water partition coefficient (Wildman–Crippen LogP) is 9.42. The van der Waals surface area contributed by atoms with Crippen LogP contribution in [0, 0.1) is 78.9 Å². The van der Waals surface area contributed by atoms with E-state index in [9.17, 15) is 0 Å². The summed E-state index contributed by atoms with van der Waals surface area (Å²) in [4.78, 5) is 0. The second kappa shape index (κ2) is 21.5. The molecule has 0 N–H and O–H groups in total. The van der Waals surface area contributed by atoms with Gasteiger partial charge in [-0.15, -0.1) is 29.3 Å². The number of rotatable bonds is 6. The van der Waals surface area contributed by atoms with Crippen molar-refractivity contribution in [3.63, 3.8) is 0 Å². The standard InChI is InChI=1S/C31H29.C15H14.C12H19.2ClH.Zr/c1-18-11-20(3)30(21(4)12-18)24-7-9-28-26(15-24)17-27-16-25(8-10-29(27)28)31-22(5)13-19(2)14-23(31)6;1-12-3-7-14(8-4-12)11-15-9-5-13(2)6-10-15;1-5-6-10-7-8-11(9-10)12(2,3)4;;;/h7-15H,17H2,1-6H3;3-10H,1-2H3;8-10H,5-6H2,1-4H3;2*1H;/q-1;;-1;;;+2/p-2. The number of aryl methyl sites for hydroxylation is 8. The minimum absolute atomic E-state index is 0. The molecular formula is C58H62Cl2Zr-2. The zero-order valence-electron chi connectivity index (χ0n) is 38.4. The topological polar surface area (TPSA) is 0 Å². The van der Waals surface area contributed by atoms with Gasteiger partial charge in [0.2, 0.25) is 0 Å². The number of benzene rings is 6. The maximum Gasteiger partial charge on any atom is -1.00 e. The Morgan fingerprint density at radius 3 is 1.57 bits per heavy atom. The molecule has 0 bridgehead atoms. The average Bonchev–Trinajstić information content (AvgIpc) is 3.80. The van der Waals surface area contributed by atoms with Crippen molar-refractivity contribution in [1.82, 2.24) is 0 Å². The van der Waals surface area contributed by atoms with Crippen LogP contribution >= 0.6 is 0 Å². The molecule has 8 rings (SSSR count). The molecule has 0 heterocycles. The van der Waals surface area contributed by atoms with E-state index in [0.717, 1.165) is 6.42 Å². The molecule has 6 aromatic rings. The van der Waals surface area contributed by atoms with E-state index in [1.54, 1.807) is 0 Å². The van der Waals surface area contributed by atoms with Crippen molar-refractivity contribution in [2.75, 3.05) is 0 Å². The summed E-state index contributed by atoms with van der Waals surface area (Å²) in [5.41, 5.74) is 25.8. The van der Waals surface area contributed by atoms with Crippen LogP contribution in [0.15, 0.2) is 121 Å². The van der Waals surface area contributed by atoms with Gasteiger partial charge in [-0.05, 0) is 75.8 Å². The van der Waals surface area contributed by atoms with Gasteiger partial charge in [0, 0.05) is 0 Å². The van der Waals surface area contributed by atoms with Gasteiger partial charge >= 0.3 is 112 Å². The Morgan fingerprint density at radius 1 is 0.607 bits per heavy atom. The van der Waals surface area contributed by atoms with Gasteiger partial charge in [-0.1, -0.05) is 133 Å². The van der Waals surface area contributed by atoms with Crippen LogP contribution in [0.4, 0.5) is 0 Å². The fourth-order valence-electron chi connectivity index (χ4n) is 8.73. The first-order chi connectivity index (χ1) is 28.0. The van der Waals surface area contributed by atoms with Gasteiger partial charge in [-0.3, -0.25) is 6.08 Å². The Kier molecular flexibility index (Phi) is 17.5. The smallest absolute Gasteiger partial charge is 1.00 e. The van der Waals surface area contributed by atoms with Gasteiger partial charge in [0.15, 0.2) is 0 Å². The van der Waals surface area contributed by atoms with Crippen LogP contribution in [0.2, 0.25) is 0 Å². The van der Waals surface area contributed by atoms with Crippen LogP contribution in [-0.2, 0) is 30.7 Å². The van der Waals surface area contributed by atoms with Crippen LogP contribution in [0.3, 0.4) is 0 Å². The van der Waals surface area contributed by atoms with Crippen LogP contribution < -0.4 is 24.8 Å². The maximum atomic E-state index is 3.78. The number of fused-ring (bicyclic) bond motifs is 3. The second-order valence-electron chi connectivity index (χ2n) is 18.0. The van der Waals surface area contributed by atoms with E-state index in [0.29, 0.717) is 11.3 Å². The monoisotopic (exact) mass is 918 g/mol. The Morgan fingerprint density at radius 2 is 1.10 bits per heavy atom. The molecule has 0 spiro atoms. The Labute approximate surface area is 396 Å². The van der Waals surface area contributed by atoms with Crippen molar-refractivity contribution in [3.05, 3.63) is 200 Å². The quantitative estimate of drug-likeness (QED) is 0.146. The molecule has 0 nitrogen and oxygen atoms in total. The summed E-state index contributed by atoms with van der Waals surface area (Å²) < 4.78 is 1.42. The summed E-state index contributed by atoms with van der Waals surface area (Å²) in [7, 11) is 0. The first-order valence-corrected chi connectivity index (χ1v) is 22.6. The molecule has 1 atom stereocenters. The first-order valence-electron chi connectivity index (χ1n) is 21.4. The van der Waals surface area contributed by atoms with Crippen LogP contribution in [-0.4, -0.2) is 3.21 Å². The average molecular weight is 921 g/mol. The van der Waals surface area contributed by atoms with Gasteiger partial charge in [-0.2, -0.15) is 11.6 Å². The van der Waals surface area contributed by atoms with Crippen molar-refractivity contribution >= 4 is 3.21 Å². The maximum absolute atomic E-state index is 3.78. The van der Waals surface area contributed by atoms with Gasteiger partial charge in [0.1, 0.15) is 0 Å². The minimum atomic E-state index is 0. The van der Waals surface area contributed by atoms with Crippen LogP contribution in [0.1, 0.15) is 107 Å². The van der Waals surface area contributed by atoms with Crippen molar-refractivity contribution in [2.24, 2.45) is 11.3 Å². The summed E-state index contributed by atoms with van der Waals surface area (Å²) >= 11 is 1.46. The number of hydrogen-bond donors (Lipinski definition) is 0. The minimum Gasteiger partial charge on any atom is -1.00 e. The normalized spacial score (nSPS) is 13.3. The molecule has 0 saturated carbocycles. The number of halogens is 2. The molecule has 0 radical (unpaired) electrons. The molecule has 314 valence electrons. The van der Waals surface area contributed by atoms with Gasteiger partial charge in [0.25, 0.3) is 0 Å². The van der Waals surface area contributed by atoms with Gasteiger partial charge < -0.3 is 24.8 Å². The fraction of sp³-hybridized carbons (Fsp3) is 0.293. The van der Waals surface area contributed by atoms with Gasteiger partial charge in [0.05, 0.1) is 0 Å². The predicted molar refractivity (Wildman–Crippen MR) is 252 cm³/mol. The number of allylic oxidation sites excluding steroid dienone is 4. The fourth-order valence-corrected chi connectivity index (χ4v) is 9.55. The van der Waals surface area contributed by atoms with Crippen molar-refractivity contribution < 1.29 is 49.0 Å². The van der Waals surface area contributed by atoms with E-state index in [4.69, 9.17) is 0 Å². The molecule has 0 amide bonds. The van der Waals surface area contributed by atoms with E-state index in [-0.39, 0.29) is 24.8 Å². The van der Waals surface area contributed by atoms with E-state index >= 15 is 0 Å². The largest absolute Gasteiger partial charge is 1.00 e. The third kappa shape index (κ3) is 12.2. The van der Waals surface area contributed by atoms with Crippen molar-refractivity contribution in [3.8, 4) is 33.4 Å². The molecule has 3 heteroatoms. The molecule has 2 aliphatic carbocycles. The summed E-state index contributed by atoms with van der Waals surface area (Å²) in [5, 5.41) is 0. The van der Waals surface area contributed by atoms with E-state index < -0.39 is 0 Å². The molecule has 6 aromatic carbocycles. The SMILES string of the molecule is CCCC1[C-]=CC(C(C)(C)C)=C1.Cc1cc(C)c(-c2[c-]c3c(cc2)-c2ccc(-c4c(C)cc(C)cc4C)cc2C3)c(C)c1.Cc1ccc([C](=[Zr+2])c2ccc(C)cc2)cc1.[Cl-].[Cl-]. The second-order valence-corrected chi connectivity index (χ2v) is 19.3. The third-order valence-electron chi connectivity index (χ3n) is 11.7. The summed E-state index contributed by atoms with van der Waals surface area (Å²) in [6.45, 7) is 26.5. The van der Waals surface area contributed by atoms with Crippen LogP contribution in [0.25, 0.3) is 33.4 Å². The van der Waals surface area contributed by atoms with Gasteiger partial charge in [-0.25, -0.2) is 6.08 Å². The molecule has 61 heavy (non-hydrogen) atoms. The van der Waals surface area contributed by atoms with Crippen molar-refractivity contribution in [1.29, 1.82) is 0 Å². The zero-order chi connectivity index (χ0) is 42.6. The molecule has 0 aliphatic heterocycles. The summed E-state index contributed by atoms with van der Waals surface area (Å²) in [6, 6.07) is 42.0. The van der Waals surface area contributed by atoms with E-state index in [1.807, 2.05) is 0 Å². The van der Waals surface area contributed by atoms with Crippen molar-refractivity contribution in [2.45, 2.75) is 102 Å². The number of hydrogen-bond acceptors (Lipinski definition) is 0. The molecule has 0 saturated heterocycles. The third-order valence-corrected chi connectivity index (χ3v) is 13.1. The molecule has 0 aromatic heterocycles. The molecule has 0 fully saturated rings. The summed E-state index contributed by atoms with van der Waals surface area (Å²) in [5.74, 6) is 0.587. The Balaban J connectivity index is 0.000000229. The first kappa shape index (κ1) is 49.8. The van der Waals surface area contributed by atoms with E-state index in [2.05, 4.69) is 211 Å².